The van der Waals surface area contributed by atoms with Crippen LogP contribution < -0.4 is 10.5 Å². The first-order valence-electron chi connectivity index (χ1n) is 5.36. The van der Waals surface area contributed by atoms with Crippen LogP contribution in [-0.2, 0) is 10.0 Å². The zero-order valence-electron chi connectivity index (χ0n) is 10.3. The molecule has 3 N–H and O–H groups in total. The van der Waals surface area contributed by atoms with Gasteiger partial charge in [-0.3, -0.25) is 0 Å². The Hall–Kier alpha value is -1.57. The van der Waals surface area contributed by atoms with Crippen molar-refractivity contribution in [3.05, 3.63) is 40.1 Å². The number of sulfonamides is 1. The number of nitrogens with zero attached hydrogens (tertiary/aromatic N) is 2. The molecule has 2 rings (SSSR count). The van der Waals surface area contributed by atoms with Crippen molar-refractivity contribution in [3.8, 4) is 0 Å². The Labute approximate surface area is 126 Å². The molecule has 0 saturated heterocycles. The number of nitrogens with one attached hydrogen (secondary N) is 1. The lowest BCUT2D eigenvalue weighted by Crippen LogP contribution is -2.15. The molecule has 0 spiro atoms. The molecular weight excluding hydrogens is 323 g/mol. The maximum absolute atomic E-state index is 12.2. The Kier molecular flexibility index (Phi) is 4.03. The molecular formula is C11H10Cl2N4O2S. The van der Waals surface area contributed by atoms with Crippen molar-refractivity contribution in [3.63, 3.8) is 0 Å². The average molecular weight is 333 g/mol. The summed E-state index contributed by atoms with van der Waals surface area (Å²) in [4.78, 5) is 7.43. The Morgan fingerprint density at radius 3 is 2.60 bits per heavy atom. The van der Waals surface area contributed by atoms with Crippen LogP contribution in [0.15, 0.2) is 29.3 Å². The predicted octanol–water partition coefficient (Wildman–Crippen LogP) is 2.47. The van der Waals surface area contributed by atoms with E-state index in [2.05, 4.69) is 14.7 Å². The van der Waals surface area contributed by atoms with Gasteiger partial charge in [0, 0.05) is 16.9 Å². The molecule has 6 nitrogen and oxygen atoms in total. The summed E-state index contributed by atoms with van der Waals surface area (Å²) >= 11 is 11.6. The second-order valence-corrected chi connectivity index (χ2v) is 6.40. The smallest absolute Gasteiger partial charge is 0.264 e. The SMILES string of the molecule is Cc1c(N)cc(S(=O)(=O)Nc2nccc(Cl)n2)cc1Cl. The highest BCUT2D eigenvalue weighted by atomic mass is 35.5. The second kappa shape index (κ2) is 5.43. The highest BCUT2D eigenvalue weighted by Crippen LogP contribution is 2.26. The van der Waals surface area contributed by atoms with Gasteiger partial charge in [-0.05, 0) is 30.7 Å². The van der Waals surface area contributed by atoms with Gasteiger partial charge in [0.15, 0.2) is 0 Å². The number of halogens is 2. The van der Waals surface area contributed by atoms with E-state index in [1.807, 2.05) is 0 Å². The van der Waals surface area contributed by atoms with Crippen molar-refractivity contribution < 1.29 is 8.42 Å². The van der Waals surface area contributed by atoms with Crippen LogP contribution in [0.4, 0.5) is 11.6 Å². The van der Waals surface area contributed by atoms with Crippen LogP contribution in [0.2, 0.25) is 10.2 Å². The van der Waals surface area contributed by atoms with Gasteiger partial charge in [0.2, 0.25) is 5.95 Å². The molecule has 0 saturated carbocycles. The first-order chi connectivity index (χ1) is 9.29. The van der Waals surface area contributed by atoms with Crippen LogP contribution in [0.1, 0.15) is 5.56 Å². The van der Waals surface area contributed by atoms with Crippen molar-refractivity contribution in [2.45, 2.75) is 11.8 Å². The lowest BCUT2D eigenvalue weighted by atomic mass is 10.2. The van der Waals surface area contributed by atoms with Crippen molar-refractivity contribution in [1.82, 2.24) is 9.97 Å². The molecule has 0 bridgehead atoms. The van der Waals surface area contributed by atoms with Crippen LogP contribution in [0.3, 0.4) is 0 Å². The monoisotopic (exact) mass is 332 g/mol. The maximum atomic E-state index is 12.2. The van der Waals surface area contributed by atoms with Gasteiger partial charge in [-0.25, -0.2) is 23.1 Å². The topological polar surface area (TPSA) is 98.0 Å². The molecule has 1 heterocycles. The first-order valence-corrected chi connectivity index (χ1v) is 7.60. The van der Waals surface area contributed by atoms with Crippen LogP contribution in [0.25, 0.3) is 0 Å². The molecule has 1 aromatic carbocycles. The fraction of sp³-hybridized carbons (Fsp3) is 0.0909. The van der Waals surface area contributed by atoms with E-state index in [0.717, 1.165) is 0 Å². The fourth-order valence-corrected chi connectivity index (χ4v) is 2.83. The standard InChI is InChI=1S/C11H10Cl2N4O2S/c1-6-8(12)4-7(5-9(6)14)20(18,19)17-11-15-3-2-10(13)16-11/h2-5H,14H2,1H3,(H,15,16,17). The largest absolute Gasteiger partial charge is 0.398 e. The Bertz CT molecular complexity index is 742. The summed E-state index contributed by atoms with van der Waals surface area (Å²) in [6.07, 6.45) is 1.34. The maximum Gasteiger partial charge on any atom is 0.264 e. The van der Waals surface area contributed by atoms with Crippen LogP contribution in [-0.4, -0.2) is 18.4 Å². The lowest BCUT2D eigenvalue weighted by molar-refractivity contribution is 0.601. The third-order valence-corrected chi connectivity index (χ3v) is 4.43. The molecule has 9 heteroatoms. The lowest BCUT2D eigenvalue weighted by Gasteiger charge is -2.09. The Balaban J connectivity index is 2.41. The van der Waals surface area contributed by atoms with E-state index in [4.69, 9.17) is 28.9 Å². The van der Waals surface area contributed by atoms with Gasteiger partial charge in [0.25, 0.3) is 10.0 Å². The third kappa shape index (κ3) is 3.12. The highest BCUT2D eigenvalue weighted by molar-refractivity contribution is 7.92. The number of nitrogens with two attached hydrogens (primary N) is 1. The van der Waals surface area contributed by atoms with Gasteiger partial charge in [-0.15, -0.1) is 0 Å². The molecule has 0 aliphatic carbocycles. The van der Waals surface area contributed by atoms with E-state index in [1.54, 1.807) is 6.92 Å². The van der Waals surface area contributed by atoms with Crippen LogP contribution in [0.5, 0.6) is 0 Å². The van der Waals surface area contributed by atoms with E-state index < -0.39 is 10.0 Å². The molecule has 0 fully saturated rings. The number of hydrogen-bond acceptors (Lipinski definition) is 5. The molecule has 0 radical (unpaired) electrons. The van der Waals surface area contributed by atoms with E-state index in [0.29, 0.717) is 5.56 Å². The van der Waals surface area contributed by atoms with Gasteiger partial charge in [-0.1, -0.05) is 23.2 Å². The first kappa shape index (κ1) is 14.8. The molecule has 0 atom stereocenters. The van der Waals surface area contributed by atoms with Gasteiger partial charge in [0.1, 0.15) is 5.15 Å². The highest BCUT2D eigenvalue weighted by Gasteiger charge is 2.18. The third-order valence-electron chi connectivity index (χ3n) is 2.52. The molecule has 20 heavy (non-hydrogen) atoms. The van der Waals surface area contributed by atoms with Crippen LogP contribution in [0, 0.1) is 6.92 Å². The second-order valence-electron chi connectivity index (χ2n) is 3.93. The van der Waals surface area contributed by atoms with Gasteiger partial charge < -0.3 is 5.73 Å². The number of aromatic nitrogens is 2. The van der Waals surface area contributed by atoms with E-state index >= 15 is 0 Å². The molecule has 0 amide bonds. The summed E-state index contributed by atoms with van der Waals surface area (Å²) in [5.41, 5.74) is 6.60. The quantitative estimate of drug-likeness (QED) is 0.664. The summed E-state index contributed by atoms with van der Waals surface area (Å²) in [5.74, 6) is -0.132. The predicted molar refractivity (Wildman–Crippen MR) is 78.5 cm³/mol. The van der Waals surface area contributed by atoms with E-state index in [1.165, 1.54) is 24.4 Å². The summed E-state index contributed by atoms with van der Waals surface area (Å²) in [7, 11) is -3.89. The van der Waals surface area contributed by atoms with Crippen molar-refractivity contribution in [1.29, 1.82) is 0 Å². The molecule has 0 aliphatic rings. The Morgan fingerprint density at radius 2 is 2.00 bits per heavy atom. The van der Waals surface area contributed by atoms with E-state index in [-0.39, 0.29) is 26.7 Å². The van der Waals surface area contributed by atoms with Gasteiger partial charge in [0.05, 0.1) is 4.90 Å². The van der Waals surface area contributed by atoms with Crippen molar-refractivity contribution in [2.75, 3.05) is 10.5 Å². The summed E-state index contributed by atoms with van der Waals surface area (Å²) < 4.78 is 26.6. The number of benzene rings is 1. The average Bonchev–Trinajstić information content (AvgIpc) is 2.34. The molecule has 106 valence electrons. The van der Waals surface area contributed by atoms with Crippen LogP contribution >= 0.6 is 23.2 Å². The summed E-state index contributed by atoms with van der Waals surface area (Å²) in [5, 5.41) is 0.386. The van der Waals surface area contributed by atoms with Gasteiger partial charge >= 0.3 is 0 Å². The van der Waals surface area contributed by atoms with E-state index in [9.17, 15) is 8.42 Å². The number of anilines is 2. The minimum Gasteiger partial charge on any atom is -0.398 e. The molecule has 0 aliphatic heterocycles. The molecule has 0 unspecified atom stereocenters. The zero-order chi connectivity index (χ0) is 14.9. The summed E-state index contributed by atoms with van der Waals surface area (Å²) in [6.45, 7) is 1.70. The normalized spacial score (nSPS) is 11.3. The number of hydrogen-bond donors (Lipinski definition) is 2. The minimum absolute atomic E-state index is 0.0748. The van der Waals surface area contributed by atoms with Crippen molar-refractivity contribution in [2.24, 2.45) is 0 Å². The number of rotatable bonds is 3. The minimum atomic E-state index is -3.89. The molecule has 2 aromatic rings. The Morgan fingerprint density at radius 1 is 1.30 bits per heavy atom. The van der Waals surface area contributed by atoms with Crippen molar-refractivity contribution >= 4 is 44.9 Å². The van der Waals surface area contributed by atoms with Gasteiger partial charge in [-0.2, -0.15) is 0 Å². The number of nitrogen functional groups attached to an aromatic ring is 1. The fourth-order valence-electron chi connectivity index (χ4n) is 1.39. The summed E-state index contributed by atoms with van der Waals surface area (Å²) in [6, 6.07) is 4.05. The zero-order valence-corrected chi connectivity index (χ0v) is 12.6. The molecule has 1 aromatic heterocycles.